The van der Waals surface area contributed by atoms with Crippen LogP contribution in [0.3, 0.4) is 0 Å². The molecule has 1 heterocycles. The predicted molar refractivity (Wildman–Crippen MR) is 112 cm³/mol. The van der Waals surface area contributed by atoms with Gasteiger partial charge in [0, 0.05) is 30.4 Å². The topological polar surface area (TPSA) is 39.1 Å². The van der Waals surface area contributed by atoms with Crippen LogP contribution >= 0.6 is 0 Å². The number of benzene rings is 3. The van der Waals surface area contributed by atoms with E-state index in [1.807, 2.05) is 59.4 Å². The highest BCUT2D eigenvalue weighted by atomic mass is 19.1. The minimum absolute atomic E-state index is 0.256. The second-order valence-electron chi connectivity index (χ2n) is 6.75. The standard InChI is InChI=1S/C24H22FN3O/c1-29-23-9-5-6-18(14-23)15-26-16-20-17-28(22-7-3-2-4-8-22)27-24(20)19-10-12-21(25)13-11-19/h2-14,17,26H,15-16H2,1H3. The van der Waals surface area contributed by atoms with Crippen molar-refractivity contribution in [3.8, 4) is 22.7 Å². The summed E-state index contributed by atoms with van der Waals surface area (Å²) in [5.41, 5.74) is 4.90. The lowest BCUT2D eigenvalue weighted by molar-refractivity contribution is 0.414. The van der Waals surface area contributed by atoms with Gasteiger partial charge in [-0.05, 0) is 54.1 Å². The molecule has 29 heavy (non-hydrogen) atoms. The van der Waals surface area contributed by atoms with E-state index in [0.717, 1.165) is 33.8 Å². The summed E-state index contributed by atoms with van der Waals surface area (Å²) in [6, 6.07) is 24.4. The maximum Gasteiger partial charge on any atom is 0.123 e. The molecule has 4 nitrogen and oxygen atoms in total. The van der Waals surface area contributed by atoms with Crippen LogP contribution in [0, 0.1) is 5.82 Å². The number of ether oxygens (including phenoxy) is 1. The van der Waals surface area contributed by atoms with Gasteiger partial charge in [-0.25, -0.2) is 9.07 Å². The van der Waals surface area contributed by atoms with Crippen molar-refractivity contribution in [2.45, 2.75) is 13.1 Å². The Labute approximate surface area is 169 Å². The van der Waals surface area contributed by atoms with Crippen molar-refractivity contribution >= 4 is 0 Å². The maximum absolute atomic E-state index is 13.4. The molecule has 0 unspecified atom stereocenters. The highest BCUT2D eigenvalue weighted by Gasteiger charge is 2.12. The fraction of sp³-hybridized carbons (Fsp3) is 0.125. The molecule has 3 aromatic carbocycles. The highest BCUT2D eigenvalue weighted by Crippen LogP contribution is 2.24. The number of methoxy groups -OCH3 is 1. The van der Waals surface area contributed by atoms with Crippen LogP contribution in [-0.4, -0.2) is 16.9 Å². The Bertz CT molecular complexity index is 1070. The molecule has 0 radical (unpaired) electrons. The van der Waals surface area contributed by atoms with Crippen molar-refractivity contribution in [3.05, 3.63) is 102 Å². The maximum atomic E-state index is 13.4. The first-order valence-corrected chi connectivity index (χ1v) is 9.46. The predicted octanol–water partition coefficient (Wildman–Crippen LogP) is 4.98. The molecule has 0 fully saturated rings. The van der Waals surface area contributed by atoms with Crippen LogP contribution in [0.5, 0.6) is 5.75 Å². The second kappa shape index (κ2) is 8.71. The molecule has 0 aliphatic heterocycles. The van der Waals surface area contributed by atoms with Crippen molar-refractivity contribution < 1.29 is 9.13 Å². The molecule has 4 rings (SSSR count). The van der Waals surface area contributed by atoms with Gasteiger partial charge in [0.1, 0.15) is 11.6 Å². The van der Waals surface area contributed by atoms with E-state index in [4.69, 9.17) is 9.84 Å². The average Bonchev–Trinajstić information content (AvgIpc) is 3.19. The minimum atomic E-state index is -0.256. The van der Waals surface area contributed by atoms with E-state index >= 15 is 0 Å². The Kier molecular flexibility index (Phi) is 5.68. The normalized spacial score (nSPS) is 10.8. The zero-order chi connectivity index (χ0) is 20.1. The molecular weight excluding hydrogens is 365 g/mol. The Morgan fingerprint density at radius 1 is 0.931 bits per heavy atom. The number of nitrogens with one attached hydrogen (secondary N) is 1. The molecule has 0 bridgehead atoms. The van der Waals surface area contributed by atoms with E-state index in [0.29, 0.717) is 13.1 Å². The van der Waals surface area contributed by atoms with Gasteiger partial charge in [-0.2, -0.15) is 5.10 Å². The van der Waals surface area contributed by atoms with Crippen LogP contribution in [0.1, 0.15) is 11.1 Å². The highest BCUT2D eigenvalue weighted by molar-refractivity contribution is 5.63. The van der Waals surface area contributed by atoms with Crippen molar-refractivity contribution in [2.75, 3.05) is 7.11 Å². The summed E-state index contributed by atoms with van der Waals surface area (Å²) in [6.07, 6.45) is 2.02. The third-order valence-corrected chi connectivity index (χ3v) is 4.71. The second-order valence-corrected chi connectivity index (χ2v) is 6.75. The number of hydrogen-bond donors (Lipinski definition) is 1. The molecule has 0 amide bonds. The third-order valence-electron chi connectivity index (χ3n) is 4.71. The van der Waals surface area contributed by atoms with Gasteiger partial charge in [0.15, 0.2) is 0 Å². The molecule has 0 atom stereocenters. The van der Waals surface area contributed by atoms with Gasteiger partial charge in [-0.3, -0.25) is 0 Å². The molecule has 0 aliphatic rings. The van der Waals surface area contributed by atoms with Crippen LogP contribution < -0.4 is 10.1 Å². The number of aromatic nitrogens is 2. The number of nitrogens with zero attached hydrogens (tertiary/aromatic N) is 2. The van der Waals surface area contributed by atoms with E-state index in [-0.39, 0.29) is 5.82 Å². The average molecular weight is 387 g/mol. The van der Waals surface area contributed by atoms with Gasteiger partial charge < -0.3 is 10.1 Å². The monoisotopic (exact) mass is 387 g/mol. The zero-order valence-electron chi connectivity index (χ0n) is 16.2. The van der Waals surface area contributed by atoms with Crippen molar-refractivity contribution in [1.29, 1.82) is 0 Å². The lowest BCUT2D eigenvalue weighted by atomic mass is 10.1. The molecule has 1 N–H and O–H groups in total. The van der Waals surface area contributed by atoms with Gasteiger partial charge >= 0.3 is 0 Å². The summed E-state index contributed by atoms with van der Waals surface area (Å²) < 4.78 is 20.5. The molecule has 0 spiro atoms. The summed E-state index contributed by atoms with van der Waals surface area (Å²) >= 11 is 0. The molecular formula is C24H22FN3O. The smallest absolute Gasteiger partial charge is 0.123 e. The molecule has 146 valence electrons. The third kappa shape index (κ3) is 4.52. The Morgan fingerprint density at radius 2 is 1.72 bits per heavy atom. The van der Waals surface area contributed by atoms with E-state index < -0.39 is 0 Å². The van der Waals surface area contributed by atoms with E-state index in [2.05, 4.69) is 11.4 Å². The molecule has 5 heteroatoms. The van der Waals surface area contributed by atoms with Gasteiger partial charge in [0.05, 0.1) is 18.5 Å². The molecule has 0 aliphatic carbocycles. The van der Waals surface area contributed by atoms with E-state index in [1.165, 1.54) is 12.1 Å². The van der Waals surface area contributed by atoms with Gasteiger partial charge in [-0.1, -0.05) is 30.3 Å². The summed E-state index contributed by atoms with van der Waals surface area (Å²) in [5.74, 6) is 0.585. The van der Waals surface area contributed by atoms with E-state index in [9.17, 15) is 4.39 Å². The quantitative estimate of drug-likeness (QED) is 0.486. The zero-order valence-corrected chi connectivity index (χ0v) is 16.2. The van der Waals surface area contributed by atoms with Crippen molar-refractivity contribution in [3.63, 3.8) is 0 Å². The van der Waals surface area contributed by atoms with Crippen LogP contribution in [0.15, 0.2) is 85.1 Å². The van der Waals surface area contributed by atoms with Crippen LogP contribution in [0.2, 0.25) is 0 Å². The summed E-state index contributed by atoms with van der Waals surface area (Å²) in [4.78, 5) is 0. The Hall–Kier alpha value is -3.44. The van der Waals surface area contributed by atoms with E-state index in [1.54, 1.807) is 19.2 Å². The molecule has 1 aromatic heterocycles. The largest absolute Gasteiger partial charge is 0.497 e. The Balaban J connectivity index is 1.58. The number of rotatable bonds is 7. The minimum Gasteiger partial charge on any atom is -0.497 e. The van der Waals surface area contributed by atoms with Crippen LogP contribution in [0.4, 0.5) is 4.39 Å². The molecule has 0 saturated heterocycles. The number of halogens is 1. The fourth-order valence-corrected chi connectivity index (χ4v) is 3.23. The number of para-hydroxylation sites is 1. The fourth-order valence-electron chi connectivity index (χ4n) is 3.23. The summed E-state index contributed by atoms with van der Waals surface area (Å²) in [7, 11) is 1.67. The number of hydrogen-bond acceptors (Lipinski definition) is 3. The van der Waals surface area contributed by atoms with Crippen LogP contribution in [-0.2, 0) is 13.1 Å². The summed E-state index contributed by atoms with van der Waals surface area (Å²) in [5, 5.41) is 8.24. The first-order valence-electron chi connectivity index (χ1n) is 9.46. The van der Waals surface area contributed by atoms with Gasteiger partial charge in [0.2, 0.25) is 0 Å². The van der Waals surface area contributed by atoms with Crippen molar-refractivity contribution in [1.82, 2.24) is 15.1 Å². The van der Waals surface area contributed by atoms with Gasteiger partial charge in [-0.15, -0.1) is 0 Å². The van der Waals surface area contributed by atoms with Crippen molar-refractivity contribution in [2.24, 2.45) is 0 Å². The molecule has 0 saturated carbocycles. The molecule has 4 aromatic rings. The first-order chi connectivity index (χ1) is 14.2. The lowest BCUT2D eigenvalue weighted by Gasteiger charge is -2.07. The lowest BCUT2D eigenvalue weighted by Crippen LogP contribution is -2.13. The SMILES string of the molecule is COc1cccc(CNCc2cn(-c3ccccc3)nc2-c2ccc(F)cc2)c1. The van der Waals surface area contributed by atoms with Crippen LogP contribution in [0.25, 0.3) is 16.9 Å². The summed E-state index contributed by atoms with van der Waals surface area (Å²) in [6.45, 7) is 1.34. The Morgan fingerprint density at radius 3 is 2.48 bits per heavy atom. The first kappa shape index (κ1) is 18.9. The van der Waals surface area contributed by atoms with Gasteiger partial charge in [0.25, 0.3) is 0 Å².